The number of benzene rings is 1. The summed E-state index contributed by atoms with van der Waals surface area (Å²) in [6.07, 6.45) is 0.913. The number of hydrogen-bond donors (Lipinski definition) is 1. The van der Waals surface area contributed by atoms with Gasteiger partial charge in [0.15, 0.2) is 0 Å². The van der Waals surface area contributed by atoms with Crippen molar-refractivity contribution in [2.45, 2.75) is 26.3 Å². The van der Waals surface area contributed by atoms with Gasteiger partial charge in [-0.1, -0.05) is 36.8 Å². The predicted molar refractivity (Wildman–Crippen MR) is 85.7 cm³/mol. The van der Waals surface area contributed by atoms with Gasteiger partial charge in [0.25, 0.3) is 0 Å². The largest absolute Gasteiger partial charge is 0.382 e. The maximum Gasteiger partial charge on any atom is 0.0700 e. The first-order valence-electron chi connectivity index (χ1n) is 7.72. The Bertz CT molecular complexity index is 371. The molecule has 0 heterocycles. The van der Waals surface area contributed by atoms with Crippen LogP contribution in [0.5, 0.6) is 0 Å². The number of nitrogens with one attached hydrogen (secondary N) is 1. The van der Waals surface area contributed by atoms with E-state index < -0.39 is 0 Å². The summed E-state index contributed by atoms with van der Waals surface area (Å²) in [7, 11) is 1.68. The fraction of sp³-hybridized carbons (Fsp3) is 0.647. The molecule has 0 saturated carbocycles. The second kappa shape index (κ2) is 11.7. The van der Waals surface area contributed by atoms with Crippen molar-refractivity contribution >= 4 is 0 Å². The molecule has 21 heavy (non-hydrogen) atoms. The standard InChI is InChI=1S/C17H29NO3/c1-4-18-17(16-8-5-7-15(2)13-16)14-21-10-6-9-20-12-11-19-3/h5,7-8,13,17-18H,4,6,9-12,14H2,1-3H3. The number of rotatable bonds is 12. The Morgan fingerprint density at radius 2 is 1.90 bits per heavy atom. The molecule has 1 atom stereocenters. The second-order valence-electron chi connectivity index (χ2n) is 5.06. The lowest BCUT2D eigenvalue weighted by atomic mass is 10.1. The first-order valence-corrected chi connectivity index (χ1v) is 7.72. The van der Waals surface area contributed by atoms with Crippen LogP contribution in [0.4, 0.5) is 0 Å². The van der Waals surface area contributed by atoms with Crippen LogP contribution in [0.3, 0.4) is 0 Å². The molecular formula is C17H29NO3. The lowest BCUT2D eigenvalue weighted by molar-refractivity contribution is 0.0475. The third-order valence-corrected chi connectivity index (χ3v) is 3.19. The van der Waals surface area contributed by atoms with Crippen molar-refractivity contribution in [3.63, 3.8) is 0 Å². The zero-order chi connectivity index (χ0) is 15.3. The monoisotopic (exact) mass is 295 g/mol. The summed E-state index contributed by atoms with van der Waals surface area (Å²) < 4.78 is 16.1. The van der Waals surface area contributed by atoms with E-state index in [1.807, 2.05) is 0 Å². The molecule has 0 aliphatic heterocycles. The fourth-order valence-corrected chi connectivity index (χ4v) is 2.11. The average Bonchev–Trinajstić information content (AvgIpc) is 2.49. The van der Waals surface area contributed by atoms with E-state index in [4.69, 9.17) is 14.2 Å². The number of ether oxygens (including phenoxy) is 3. The Balaban J connectivity index is 2.23. The van der Waals surface area contributed by atoms with Crippen LogP contribution in [0.2, 0.25) is 0 Å². The first-order chi connectivity index (χ1) is 10.3. The van der Waals surface area contributed by atoms with Gasteiger partial charge in [-0.2, -0.15) is 0 Å². The Kier molecular flexibility index (Phi) is 10.1. The Morgan fingerprint density at radius 1 is 1.10 bits per heavy atom. The van der Waals surface area contributed by atoms with Gasteiger partial charge in [0.1, 0.15) is 0 Å². The zero-order valence-electron chi connectivity index (χ0n) is 13.6. The summed E-state index contributed by atoms with van der Waals surface area (Å²) >= 11 is 0. The first kappa shape index (κ1) is 18.1. The molecule has 0 saturated heterocycles. The average molecular weight is 295 g/mol. The number of methoxy groups -OCH3 is 1. The van der Waals surface area contributed by atoms with E-state index in [9.17, 15) is 0 Å². The molecule has 4 nitrogen and oxygen atoms in total. The Labute approximate surface area is 128 Å². The van der Waals surface area contributed by atoms with Crippen LogP contribution < -0.4 is 5.32 Å². The van der Waals surface area contributed by atoms with Gasteiger partial charge in [-0.3, -0.25) is 0 Å². The molecule has 4 heteroatoms. The number of hydrogen-bond acceptors (Lipinski definition) is 4. The van der Waals surface area contributed by atoms with Crippen LogP contribution in [0.25, 0.3) is 0 Å². The molecule has 0 bridgehead atoms. The zero-order valence-corrected chi connectivity index (χ0v) is 13.6. The molecular weight excluding hydrogens is 266 g/mol. The smallest absolute Gasteiger partial charge is 0.0700 e. The fourth-order valence-electron chi connectivity index (χ4n) is 2.11. The Hall–Kier alpha value is -0.940. The molecule has 0 amide bonds. The lowest BCUT2D eigenvalue weighted by Crippen LogP contribution is -2.25. The van der Waals surface area contributed by atoms with E-state index in [2.05, 4.69) is 43.4 Å². The highest BCUT2D eigenvalue weighted by Gasteiger charge is 2.10. The summed E-state index contributed by atoms with van der Waals surface area (Å²) in [5.74, 6) is 0. The molecule has 0 aliphatic rings. The highest BCUT2D eigenvalue weighted by Crippen LogP contribution is 2.15. The molecule has 0 aromatic heterocycles. The van der Waals surface area contributed by atoms with Crippen molar-refractivity contribution in [1.82, 2.24) is 5.32 Å². The molecule has 0 aliphatic carbocycles. The molecule has 0 radical (unpaired) electrons. The van der Waals surface area contributed by atoms with Crippen molar-refractivity contribution in [2.24, 2.45) is 0 Å². The molecule has 1 rings (SSSR count). The van der Waals surface area contributed by atoms with Gasteiger partial charge in [-0.15, -0.1) is 0 Å². The minimum absolute atomic E-state index is 0.254. The van der Waals surface area contributed by atoms with Crippen molar-refractivity contribution in [3.8, 4) is 0 Å². The summed E-state index contributed by atoms with van der Waals surface area (Å²) in [6, 6.07) is 8.83. The molecule has 1 aromatic carbocycles. The second-order valence-corrected chi connectivity index (χ2v) is 5.06. The van der Waals surface area contributed by atoms with E-state index in [-0.39, 0.29) is 6.04 Å². The van der Waals surface area contributed by atoms with E-state index >= 15 is 0 Å². The van der Waals surface area contributed by atoms with Gasteiger partial charge >= 0.3 is 0 Å². The van der Waals surface area contributed by atoms with Crippen LogP contribution in [-0.4, -0.2) is 46.7 Å². The third kappa shape index (κ3) is 8.17. The molecule has 0 fully saturated rings. The summed E-state index contributed by atoms with van der Waals surface area (Å²) in [5.41, 5.74) is 2.56. The van der Waals surface area contributed by atoms with Gasteiger partial charge in [0.2, 0.25) is 0 Å². The van der Waals surface area contributed by atoms with Gasteiger partial charge in [-0.05, 0) is 25.5 Å². The van der Waals surface area contributed by atoms with E-state index in [0.29, 0.717) is 19.8 Å². The van der Waals surface area contributed by atoms with Crippen molar-refractivity contribution in [1.29, 1.82) is 0 Å². The van der Waals surface area contributed by atoms with Crippen LogP contribution in [-0.2, 0) is 14.2 Å². The molecule has 1 aromatic rings. The minimum atomic E-state index is 0.254. The van der Waals surface area contributed by atoms with Crippen molar-refractivity contribution in [3.05, 3.63) is 35.4 Å². The molecule has 0 spiro atoms. The van der Waals surface area contributed by atoms with Crippen LogP contribution in [0.15, 0.2) is 24.3 Å². The van der Waals surface area contributed by atoms with E-state index in [1.165, 1.54) is 11.1 Å². The molecule has 1 N–H and O–H groups in total. The SMILES string of the molecule is CCNC(COCCCOCCOC)c1cccc(C)c1. The van der Waals surface area contributed by atoms with Gasteiger partial charge in [0, 0.05) is 20.3 Å². The van der Waals surface area contributed by atoms with Crippen LogP contribution in [0, 0.1) is 6.92 Å². The molecule has 120 valence electrons. The summed E-state index contributed by atoms with van der Waals surface area (Å²) in [6.45, 7) is 8.60. The minimum Gasteiger partial charge on any atom is -0.382 e. The quantitative estimate of drug-likeness (QED) is 0.602. The van der Waals surface area contributed by atoms with E-state index in [1.54, 1.807) is 7.11 Å². The topological polar surface area (TPSA) is 39.7 Å². The summed E-state index contributed by atoms with van der Waals surface area (Å²) in [5, 5.41) is 3.47. The van der Waals surface area contributed by atoms with Crippen molar-refractivity contribution in [2.75, 3.05) is 46.7 Å². The maximum atomic E-state index is 5.78. The van der Waals surface area contributed by atoms with E-state index in [0.717, 1.165) is 26.2 Å². The van der Waals surface area contributed by atoms with Crippen LogP contribution >= 0.6 is 0 Å². The van der Waals surface area contributed by atoms with Crippen LogP contribution in [0.1, 0.15) is 30.5 Å². The van der Waals surface area contributed by atoms with Gasteiger partial charge in [0.05, 0.1) is 25.9 Å². The van der Waals surface area contributed by atoms with Crippen molar-refractivity contribution < 1.29 is 14.2 Å². The molecule has 1 unspecified atom stereocenters. The normalized spacial score (nSPS) is 12.5. The van der Waals surface area contributed by atoms with Gasteiger partial charge < -0.3 is 19.5 Å². The Morgan fingerprint density at radius 3 is 2.62 bits per heavy atom. The highest BCUT2D eigenvalue weighted by atomic mass is 16.5. The van der Waals surface area contributed by atoms with Gasteiger partial charge in [-0.25, -0.2) is 0 Å². The summed E-state index contributed by atoms with van der Waals surface area (Å²) in [4.78, 5) is 0. The number of aryl methyl sites for hydroxylation is 1. The highest BCUT2D eigenvalue weighted by molar-refractivity contribution is 5.25. The third-order valence-electron chi connectivity index (χ3n) is 3.19. The predicted octanol–water partition coefficient (Wildman–Crippen LogP) is 2.72. The number of likely N-dealkylation sites (N-methyl/N-ethyl adjacent to an activating group) is 1. The maximum absolute atomic E-state index is 5.78. The lowest BCUT2D eigenvalue weighted by Gasteiger charge is -2.19.